The molecular formula is C14H13ClF3N3O. The van der Waals surface area contributed by atoms with Crippen LogP contribution in [0.15, 0.2) is 30.6 Å². The molecule has 1 aromatic carbocycles. The summed E-state index contributed by atoms with van der Waals surface area (Å²) < 4.78 is 39.6. The second-order valence-electron chi connectivity index (χ2n) is 4.57. The van der Waals surface area contributed by atoms with Crippen molar-refractivity contribution in [3.8, 4) is 0 Å². The number of benzene rings is 1. The Balaban J connectivity index is 2.15. The van der Waals surface area contributed by atoms with Gasteiger partial charge in [-0.3, -0.25) is 4.79 Å². The zero-order chi connectivity index (χ0) is 16.3. The Morgan fingerprint density at radius 2 is 2.14 bits per heavy atom. The molecule has 0 bridgehead atoms. The molecule has 0 aliphatic carbocycles. The van der Waals surface area contributed by atoms with Crippen LogP contribution in [0.1, 0.15) is 18.3 Å². The van der Waals surface area contributed by atoms with Crippen molar-refractivity contribution in [2.24, 2.45) is 0 Å². The molecule has 22 heavy (non-hydrogen) atoms. The van der Waals surface area contributed by atoms with E-state index in [0.29, 0.717) is 12.2 Å². The maximum atomic E-state index is 12.7. The molecule has 0 atom stereocenters. The van der Waals surface area contributed by atoms with Crippen LogP contribution in [0.4, 0.5) is 18.9 Å². The van der Waals surface area contributed by atoms with Gasteiger partial charge in [-0.1, -0.05) is 18.5 Å². The third kappa shape index (κ3) is 3.79. The van der Waals surface area contributed by atoms with Gasteiger partial charge in [0.2, 0.25) is 5.91 Å². The number of aryl methyl sites for hydroxylation is 1. The van der Waals surface area contributed by atoms with E-state index < -0.39 is 17.6 Å². The minimum absolute atomic E-state index is 0.0442. The third-order valence-electron chi connectivity index (χ3n) is 3.00. The first kappa shape index (κ1) is 16.4. The molecule has 8 heteroatoms. The number of hydrogen-bond acceptors (Lipinski definition) is 2. The first-order chi connectivity index (χ1) is 10.3. The lowest BCUT2D eigenvalue weighted by Gasteiger charge is -2.12. The van der Waals surface area contributed by atoms with E-state index in [2.05, 4.69) is 10.3 Å². The lowest BCUT2D eigenvalue weighted by molar-refractivity contribution is -0.137. The zero-order valence-electron chi connectivity index (χ0n) is 11.6. The molecule has 0 fully saturated rings. The average Bonchev–Trinajstić information content (AvgIpc) is 2.87. The summed E-state index contributed by atoms with van der Waals surface area (Å²) in [6.45, 7) is 1.84. The number of halogens is 4. The lowest BCUT2D eigenvalue weighted by Crippen LogP contribution is -2.20. The van der Waals surface area contributed by atoms with Gasteiger partial charge in [0.25, 0.3) is 0 Å². The predicted octanol–water partition coefficient (Wildman–Crippen LogP) is 3.76. The molecule has 0 unspecified atom stereocenters. The van der Waals surface area contributed by atoms with E-state index in [4.69, 9.17) is 11.6 Å². The van der Waals surface area contributed by atoms with Gasteiger partial charge in [0.15, 0.2) is 0 Å². The largest absolute Gasteiger partial charge is 0.416 e. The average molecular weight is 332 g/mol. The van der Waals surface area contributed by atoms with Gasteiger partial charge in [-0.2, -0.15) is 13.2 Å². The van der Waals surface area contributed by atoms with E-state index in [1.165, 1.54) is 0 Å². The molecule has 4 nitrogen and oxygen atoms in total. The summed E-state index contributed by atoms with van der Waals surface area (Å²) in [6, 6.07) is 2.78. The maximum Gasteiger partial charge on any atom is 0.416 e. The number of nitrogens with one attached hydrogen (secondary N) is 1. The molecule has 1 heterocycles. The summed E-state index contributed by atoms with van der Waals surface area (Å²) in [5.74, 6) is 0.235. The highest BCUT2D eigenvalue weighted by molar-refractivity contribution is 6.33. The number of aromatic nitrogens is 2. The number of anilines is 1. The third-order valence-corrected chi connectivity index (χ3v) is 3.33. The van der Waals surface area contributed by atoms with Crippen molar-refractivity contribution in [2.45, 2.75) is 26.1 Å². The fraction of sp³-hybridized carbons (Fsp3) is 0.286. The molecule has 0 aliphatic rings. The maximum absolute atomic E-state index is 12.7. The Bertz CT molecular complexity index is 682. The molecule has 0 radical (unpaired) electrons. The van der Waals surface area contributed by atoms with Crippen molar-refractivity contribution >= 4 is 23.2 Å². The fourth-order valence-electron chi connectivity index (χ4n) is 1.94. The summed E-state index contributed by atoms with van der Waals surface area (Å²) in [5.41, 5.74) is -0.941. The monoisotopic (exact) mass is 331 g/mol. The van der Waals surface area contributed by atoms with Crippen LogP contribution in [0, 0.1) is 0 Å². The van der Waals surface area contributed by atoms with Gasteiger partial charge in [0, 0.05) is 18.8 Å². The van der Waals surface area contributed by atoms with E-state index in [1.807, 2.05) is 6.92 Å². The highest BCUT2D eigenvalue weighted by Crippen LogP contribution is 2.33. The molecule has 0 aliphatic heterocycles. The molecule has 2 aromatic rings. The second-order valence-corrected chi connectivity index (χ2v) is 4.97. The van der Waals surface area contributed by atoms with Crippen molar-refractivity contribution in [2.75, 3.05) is 5.32 Å². The van der Waals surface area contributed by atoms with Crippen molar-refractivity contribution in [3.05, 3.63) is 47.0 Å². The smallest absolute Gasteiger partial charge is 0.326 e. The van der Waals surface area contributed by atoms with Crippen LogP contribution in [0.25, 0.3) is 0 Å². The number of carbonyl (C=O) groups excluding carboxylic acids is 1. The van der Waals surface area contributed by atoms with Gasteiger partial charge < -0.3 is 9.88 Å². The van der Waals surface area contributed by atoms with Gasteiger partial charge in [-0.05, 0) is 18.2 Å². The van der Waals surface area contributed by atoms with Gasteiger partial charge in [0.05, 0.1) is 16.3 Å². The quantitative estimate of drug-likeness (QED) is 0.927. The van der Waals surface area contributed by atoms with Gasteiger partial charge in [-0.25, -0.2) is 4.98 Å². The van der Waals surface area contributed by atoms with Crippen LogP contribution in [0.5, 0.6) is 0 Å². The Hall–Kier alpha value is -2.02. The number of alkyl halides is 3. The summed E-state index contributed by atoms with van der Waals surface area (Å²) in [6.07, 6.45) is -0.663. The van der Waals surface area contributed by atoms with Crippen LogP contribution in [0.3, 0.4) is 0 Å². The van der Waals surface area contributed by atoms with E-state index >= 15 is 0 Å². The van der Waals surface area contributed by atoms with Crippen molar-refractivity contribution < 1.29 is 18.0 Å². The number of imidazole rings is 1. The zero-order valence-corrected chi connectivity index (χ0v) is 12.4. The Morgan fingerprint density at radius 3 is 2.77 bits per heavy atom. The van der Waals surface area contributed by atoms with E-state index in [1.54, 1.807) is 17.0 Å². The van der Waals surface area contributed by atoms with Crippen LogP contribution in [-0.2, 0) is 23.9 Å². The lowest BCUT2D eigenvalue weighted by atomic mass is 10.2. The van der Waals surface area contributed by atoms with Crippen LogP contribution in [-0.4, -0.2) is 15.5 Å². The normalized spacial score (nSPS) is 11.5. The van der Waals surface area contributed by atoms with Gasteiger partial charge >= 0.3 is 6.18 Å². The Labute approximate surface area is 129 Å². The van der Waals surface area contributed by atoms with Crippen molar-refractivity contribution in [1.29, 1.82) is 0 Å². The van der Waals surface area contributed by atoms with Crippen molar-refractivity contribution in [1.82, 2.24) is 9.55 Å². The minimum Gasteiger partial charge on any atom is -0.326 e. The second kappa shape index (κ2) is 6.39. The SMILES string of the molecule is CCc1nccn1CC(=O)Nc1cc(C(F)(F)F)ccc1Cl. The first-order valence-corrected chi connectivity index (χ1v) is 6.85. The summed E-state index contributed by atoms with van der Waals surface area (Å²) in [4.78, 5) is 16.0. The molecule has 1 amide bonds. The standard InChI is InChI=1S/C14H13ClF3N3O/c1-2-12-19-5-6-21(12)8-13(22)20-11-7-9(14(16,17)18)3-4-10(11)15/h3-7H,2,8H2,1H3,(H,20,22). The van der Waals surface area contributed by atoms with E-state index in [9.17, 15) is 18.0 Å². The summed E-state index contributed by atoms with van der Waals surface area (Å²) in [5, 5.41) is 2.44. The van der Waals surface area contributed by atoms with Gasteiger partial charge in [-0.15, -0.1) is 0 Å². The molecule has 0 spiro atoms. The van der Waals surface area contributed by atoms with E-state index in [-0.39, 0.29) is 17.3 Å². The molecular weight excluding hydrogens is 319 g/mol. The molecule has 0 saturated heterocycles. The molecule has 0 saturated carbocycles. The van der Waals surface area contributed by atoms with Crippen LogP contribution < -0.4 is 5.32 Å². The molecule has 1 aromatic heterocycles. The first-order valence-electron chi connectivity index (χ1n) is 6.48. The highest BCUT2D eigenvalue weighted by Gasteiger charge is 2.31. The number of amides is 1. The summed E-state index contributed by atoms with van der Waals surface area (Å²) in [7, 11) is 0. The summed E-state index contributed by atoms with van der Waals surface area (Å²) >= 11 is 5.83. The minimum atomic E-state index is -4.50. The number of rotatable bonds is 4. The Kier molecular flexibility index (Phi) is 4.75. The van der Waals surface area contributed by atoms with Gasteiger partial charge in [0.1, 0.15) is 12.4 Å². The van der Waals surface area contributed by atoms with E-state index in [0.717, 1.165) is 18.2 Å². The predicted molar refractivity (Wildman–Crippen MR) is 76.7 cm³/mol. The highest BCUT2D eigenvalue weighted by atomic mass is 35.5. The number of carbonyl (C=O) groups is 1. The number of hydrogen-bond donors (Lipinski definition) is 1. The molecule has 2 rings (SSSR count). The van der Waals surface area contributed by atoms with Crippen LogP contribution in [0.2, 0.25) is 5.02 Å². The molecule has 118 valence electrons. The number of nitrogens with zero attached hydrogens (tertiary/aromatic N) is 2. The topological polar surface area (TPSA) is 46.9 Å². The molecule has 1 N–H and O–H groups in total. The van der Waals surface area contributed by atoms with Crippen molar-refractivity contribution in [3.63, 3.8) is 0 Å². The van der Waals surface area contributed by atoms with Crippen LogP contribution >= 0.6 is 11.6 Å². The fourth-order valence-corrected chi connectivity index (χ4v) is 2.11. The Morgan fingerprint density at radius 1 is 1.41 bits per heavy atom.